The van der Waals surface area contributed by atoms with E-state index in [0.717, 1.165) is 30.6 Å². The number of ether oxygens (including phenoxy) is 3. The van der Waals surface area contributed by atoms with Gasteiger partial charge in [0.1, 0.15) is 11.8 Å². The highest BCUT2D eigenvalue weighted by Gasteiger charge is 2.41. The third-order valence-corrected chi connectivity index (χ3v) is 6.13. The Balaban J connectivity index is 1.41. The fraction of sp³-hybridized carbons (Fsp3) is 0.545. The molecule has 4 amide bonds. The summed E-state index contributed by atoms with van der Waals surface area (Å²) in [7, 11) is 0. The van der Waals surface area contributed by atoms with E-state index < -0.39 is 29.6 Å². The molecule has 2 aliphatic heterocycles. The largest absolute Gasteiger partial charge is 0.490 e. The standard InChI is InChI=1S/C22H26N2O7/c1-14-12-16(31-15-6-8-22(9-7-15)29-10-11-30-22)2-3-17(14)21(28)24(13-25)18-4-5-19(26)23-20(18)27/h2-3,12-13,15,18H,4-11H2,1H3,(H,23,26,27). The Hall–Kier alpha value is -2.78. The van der Waals surface area contributed by atoms with E-state index in [2.05, 4.69) is 5.32 Å². The Bertz CT molecular complexity index is 884. The van der Waals surface area contributed by atoms with Gasteiger partial charge in [-0.1, -0.05) is 0 Å². The maximum absolute atomic E-state index is 12.9. The van der Waals surface area contributed by atoms with Gasteiger partial charge in [-0.15, -0.1) is 0 Å². The molecular formula is C22H26N2O7. The minimum Gasteiger partial charge on any atom is -0.490 e. The molecule has 1 spiro atoms. The first-order valence-corrected chi connectivity index (χ1v) is 10.6. The van der Waals surface area contributed by atoms with Crippen molar-refractivity contribution in [2.75, 3.05) is 13.2 Å². The van der Waals surface area contributed by atoms with Gasteiger partial charge < -0.3 is 14.2 Å². The number of imide groups is 2. The summed E-state index contributed by atoms with van der Waals surface area (Å²) >= 11 is 0. The van der Waals surface area contributed by atoms with Gasteiger partial charge in [0.05, 0.1) is 19.3 Å². The van der Waals surface area contributed by atoms with Gasteiger partial charge >= 0.3 is 0 Å². The van der Waals surface area contributed by atoms with Crippen LogP contribution in [0.2, 0.25) is 0 Å². The zero-order chi connectivity index (χ0) is 22.0. The monoisotopic (exact) mass is 430 g/mol. The second kappa shape index (κ2) is 8.76. The number of piperidine rings is 1. The Kier molecular flexibility index (Phi) is 6.06. The first kappa shape index (κ1) is 21.5. The summed E-state index contributed by atoms with van der Waals surface area (Å²) in [6, 6.07) is 4.06. The molecule has 9 heteroatoms. The Labute approximate surface area is 180 Å². The SMILES string of the molecule is Cc1cc(OC2CCC3(CC2)OCCO3)ccc1C(=O)N(C=O)C1CCC(=O)NC1=O. The van der Waals surface area contributed by atoms with Crippen LogP contribution in [0.5, 0.6) is 5.75 Å². The van der Waals surface area contributed by atoms with Crippen LogP contribution in [-0.2, 0) is 23.9 Å². The molecular weight excluding hydrogens is 404 g/mol. The van der Waals surface area contributed by atoms with Crippen molar-refractivity contribution in [1.82, 2.24) is 10.2 Å². The molecule has 9 nitrogen and oxygen atoms in total. The fourth-order valence-electron chi connectivity index (χ4n) is 4.43. The lowest BCUT2D eigenvalue weighted by Gasteiger charge is -2.35. The fourth-order valence-corrected chi connectivity index (χ4v) is 4.43. The maximum atomic E-state index is 12.9. The smallest absolute Gasteiger partial charge is 0.261 e. The van der Waals surface area contributed by atoms with E-state index in [0.29, 0.717) is 36.5 Å². The summed E-state index contributed by atoms with van der Waals surface area (Å²) in [5.41, 5.74) is 0.941. The molecule has 2 saturated heterocycles. The molecule has 166 valence electrons. The van der Waals surface area contributed by atoms with E-state index >= 15 is 0 Å². The second-order valence-electron chi connectivity index (χ2n) is 8.19. The number of rotatable bonds is 5. The molecule has 2 heterocycles. The van der Waals surface area contributed by atoms with Crippen LogP contribution in [0.1, 0.15) is 54.4 Å². The van der Waals surface area contributed by atoms with E-state index in [9.17, 15) is 19.2 Å². The van der Waals surface area contributed by atoms with E-state index in [1.165, 1.54) is 0 Å². The third kappa shape index (κ3) is 4.47. The van der Waals surface area contributed by atoms with Gasteiger partial charge in [-0.3, -0.25) is 29.4 Å². The summed E-state index contributed by atoms with van der Waals surface area (Å²) in [5.74, 6) is -1.43. The average molecular weight is 430 g/mol. The zero-order valence-electron chi connectivity index (χ0n) is 17.4. The molecule has 31 heavy (non-hydrogen) atoms. The van der Waals surface area contributed by atoms with E-state index in [1.54, 1.807) is 25.1 Å². The molecule has 1 atom stereocenters. The van der Waals surface area contributed by atoms with Crippen molar-refractivity contribution in [2.45, 2.75) is 63.4 Å². The van der Waals surface area contributed by atoms with Crippen molar-refractivity contribution in [3.05, 3.63) is 29.3 Å². The van der Waals surface area contributed by atoms with Crippen molar-refractivity contribution in [1.29, 1.82) is 0 Å². The number of carbonyl (C=O) groups excluding carboxylic acids is 4. The summed E-state index contributed by atoms with van der Waals surface area (Å²) in [6.07, 6.45) is 3.78. The van der Waals surface area contributed by atoms with Crippen LogP contribution in [0.25, 0.3) is 0 Å². The third-order valence-electron chi connectivity index (χ3n) is 6.13. The van der Waals surface area contributed by atoms with Crippen LogP contribution in [0.4, 0.5) is 0 Å². The quantitative estimate of drug-likeness (QED) is 0.556. The molecule has 0 aromatic heterocycles. The molecule has 1 aliphatic carbocycles. The number of aryl methyl sites for hydroxylation is 1. The molecule has 0 radical (unpaired) electrons. The predicted molar refractivity (Wildman–Crippen MR) is 107 cm³/mol. The van der Waals surface area contributed by atoms with Crippen LogP contribution in [0, 0.1) is 6.92 Å². The average Bonchev–Trinajstić information content (AvgIpc) is 3.20. The molecule has 1 unspecified atom stereocenters. The molecule has 1 saturated carbocycles. The number of nitrogens with zero attached hydrogens (tertiary/aromatic N) is 1. The van der Waals surface area contributed by atoms with Crippen molar-refractivity contribution in [3.63, 3.8) is 0 Å². The molecule has 3 fully saturated rings. The van der Waals surface area contributed by atoms with Gasteiger partial charge in [0.25, 0.3) is 5.91 Å². The molecule has 1 aromatic carbocycles. The number of benzene rings is 1. The van der Waals surface area contributed by atoms with Crippen molar-refractivity contribution < 1.29 is 33.4 Å². The van der Waals surface area contributed by atoms with E-state index in [4.69, 9.17) is 14.2 Å². The van der Waals surface area contributed by atoms with Gasteiger partial charge in [-0.25, -0.2) is 0 Å². The highest BCUT2D eigenvalue weighted by Crippen LogP contribution is 2.37. The number of hydrogen-bond acceptors (Lipinski definition) is 7. The minimum absolute atomic E-state index is 0.0364. The van der Waals surface area contributed by atoms with Crippen LogP contribution in [0.3, 0.4) is 0 Å². The van der Waals surface area contributed by atoms with Crippen LogP contribution in [-0.4, -0.2) is 60.2 Å². The Morgan fingerprint density at radius 2 is 1.90 bits per heavy atom. The molecule has 3 aliphatic rings. The van der Waals surface area contributed by atoms with Crippen molar-refractivity contribution in [3.8, 4) is 5.75 Å². The molecule has 1 N–H and O–H groups in total. The molecule has 0 bridgehead atoms. The number of hydrogen-bond donors (Lipinski definition) is 1. The number of amides is 4. The van der Waals surface area contributed by atoms with Crippen LogP contribution in [0.15, 0.2) is 18.2 Å². The normalized spacial score (nSPS) is 23.5. The van der Waals surface area contributed by atoms with Crippen LogP contribution < -0.4 is 10.1 Å². The number of nitrogens with one attached hydrogen (secondary N) is 1. The van der Waals surface area contributed by atoms with Gasteiger partial charge in [-0.2, -0.15) is 0 Å². The van der Waals surface area contributed by atoms with Gasteiger partial charge in [-0.05, 0) is 49.9 Å². The van der Waals surface area contributed by atoms with E-state index in [1.807, 2.05) is 0 Å². The zero-order valence-corrected chi connectivity index (χ0v) is 17.4. The van der Waals surface area contributed by atoms with E-state index in [-0.39, 0.29) is 18.9 Å². The van der Waals surface area contributed by atoms with Crippen LogP contribution >= 0.6 is 0 Å². The lowest BCUT2D eigenvalue weighted by molar-refractivity contribution is -0.186. The maximum Gasteiger partial charge on any atom is 0.261 e. The Morgan fingerprint density at radius 3 is 2.52 bits per heavy atom. The molecule has 4 rings (SSSR count). The topological polar surface area (TPSA) is 111 Å². The van der Waals surface area contributed by atoms with Gasteiger partial charge in [0, 0.05) is 24.8 Å². The highest BCUT2D eigenvalue weighted by atomic mass is 16.7. The van der Waals surface area contributed by atoms with Crippen molar-refractivity contribution >= 4 is 24.1 Å². The summed E-state index contributed by atoms with van der Waals surface area (Å²) in [4.78, 5) is 48.8. The van der Waals surface area contributed by atoms with Crippen molar-refractivity contribution in [2.24, 2.45) is 0 Å². The van der Waals surface area contributed by atoms with Gasteiger partial charge in [0.15, 0.2) is 5.79 Å². The highest BCUT2D eigenvalue weighted by molar-refractivity contribution is 6.07. The summed E-state index contributed by atoms with van der Waals surface area (Å²) in [6.45, 7) is 3.03. The first-order chi connectivity index (χ1) is 14.9. The molecule has 1 aromatic rings. The first-order valence-electron chi connectivity index (χ1n) is 10.6. The predicted octanol–water partition coefficient (Wildman–Crippen LogP) is 1.46. The van der Waals surface area contributed by atoms with Gasteiger partial charge in [0.2, 0.25) is 18.2 Å². The second-order valence-corrected chi connectivity index (χ2v) is 8.19. The lowest BCUT2D eigenvalue weighted by atomic mass is 9.91. The summed E-state index contributed by atoms with van der Waals surface area (Å²) < 4.78 is 17.6. The summed E-state index contributed by atoms with van der Waals surface area (Å²) in [5, 5.41) is 2.17. The Morgan fingerprint density at radius 1 is 1.19 bits per heavy atom. The lowest BCUT2D eigenvalue weighted by Crippen LogP contribution is -2.53. The minimum atomic E-state index is -0.993. The number of carbonyl (C=O) groups is 4.